The number of halogens is 2. The Morgan fingerprint density at radius 3 is 2.32 bits per heavy atom. The normalized spacial score (nSPS) is 11.3. The number of nitrogens with zero attached hydrogens (tertiary/aromatic N) is 1. The van der Waals surface area contributed by atoms with Crippen LogP contribution >= 0.6 is 22.6 Å². The summed E-state index contributed by atoms with van der Waals surface area (Å²) in [6.07, 6.45) is 0. The van der Waals surface area contributed by atoms with Crippen molar-refractivity contribution in [3.63, 3.8) is 0 Å². The van der Waals surface area contributed by atoms with Crippen LogP contribution in [0, 0.1) is 9.39 Å². The Labute approximate surface area is 143 Å². The lowest BCUT2D eigenvalue weighted by Gasteiger charge is -2.23. The number of hydrogen-bond acceptors (Lipinski definition) is 3. The first kappa shape index (κ1) is 17.0. The Morgan fingerprint density at radius 1 is 1.18 bits per heavy atom. The predicted octanol–water partition coefficient (Wildman–Crippen LogP) is 3.65. The van der Waals surface area contributed by atoms with Gasteiger partial charge in [0, 0.05) is 10.1 Å². The van der Waals surface area contributed by atoms with Crippen molar-refractivity contribution in [3.05, 3.63) is 51.9 Å². The number of benzene rings is 2. The molecule has 0 spiro atoms. The van der Waals surface area contributed by atoms with Crippen molar-refractivity contribution in [2.75, 3.05) is 18.0 Å². The molecule has 2 aromatic carbocycles. The Bertz CT molecular complexity index is 763. The van der Waals surface area contributed by atoms with E-state index in [4.69, 9.17) is 4.74 Å². The number of rotatable bonds is 5. The fourth-order valence-corrected chi connectivity index (χ4v) is 3.88. The molecule has 22 heavy (non-hydrogen) atoms. The molecule has 7 heteroatoms. The van der Waals surface area contributed by atoms with E-state index in [1.165, 1.54) is 23.5 Å². The molecule has 0 fully saturated rings. The topological polar surface area (TPSA) is 46.6 Å². The first-order chi connectivity index (χ1) is 10.4. The van der Waals surface area contributed by atoms with Gasteiger partial charge in [-0.25, -0.2) is 12.8 Å². The van der Waals surface area contributed by atoms with Gasteiger partial charge in [-0.15, -0.1) is 0 Å². The second-order valence-corrected chi connectivity index (χ2v) is 7.55. The summed E-state index contributed by atoms with van der Waals surface area (Å²) in [6.45, 7) is 1.98. The highest BCUT2D eigenvalue weighted by Crippen LogP contribution is 2.27. The molecule has 0 N–H and O–H groups in total. The molecule has 118 valence electrons. The van der Waals surface area contributed by atoms with Gasteiger partial charge in [0.1, 0.15) is 0 Å². The zero-order valence-corrected chi connectivity index (χ0v) is 15.1. The van der Waals surface area contributed by atoms with E-state index in [0.717, 1.165) is 9.64 Å². The van der Waals surface area contributed by atoms with Gasteiger partial charge in [-0.3, -0.25) is 4.31 Å². The summed E-state index contributed by atoms with van der Waals surface area (Å²) >= 11 is 2.15. The molecule has 0 aromatic heterocycles. The van der Waals surface area contributed by atoms with Crippen LogP contribution in [0.2, 0.25) is 0 Å². The Morgan fingerprint density at radius 2 is 1.82 bits per heavy atom. The molecule has 0 saturated carbocycles. The van der Waals surface area contributed by atoms with Crippen LogP contribution in [0.1, 0.15) is 6.92 Å². The van der Waals surface area contributed by atoms with Gasteiger partial charge in [-0.2, -0.15) is 0 Å². The van der Waals surface area contributed by atoms with Gasteiger partial charge in [0.2, 0.25) is 0 Å². The third kappa shape index (κ3) is 3.35. The molecule has 0 saturated heterocycles. The van der Waals surface area contributed by atoms with E-state index in [1.807, 2.05) is 12.1 Å². The summed E-state index contributed by atoms with van der Waals surface area (Å²) in [5.41, 5.74) is 0.541. The monoisotopic (exact) mass is 435 g/mol. The van der Waals surface area contributed by atoms with Crippen molar-refractivity contribution < 1.29 is 17.5 Å². The molecule has 0 amide bonds. The van der Waals surface area contributed by atoms with Crippen molar-refractivity contribution in [1.29, 1.82) is 0 Å². The number of hydrogen-bond donors (Lipinski definition) is 0. The first-order valence-electron chi connectivity index (χ1n) is 6.52. The minimum atomic E-state index is -3.83. The molecular weight excluding hydrogens is 420 g/mol. The van der Waals surface area contributed by atoms with Gasteiger partial charge < -0.3 is 4.74 Å². The lowest BCUT2D eigenvalue weighted by Crippen LogP contribution is -2.30. The molecule has 2 rings (SSSR count). The Balaban J connectivity index is 2.47. The maximum Gasteiger partial charge on any atom is 0.264 e. The van der Waals surface area contributed by atoms with Crippen molar-refractivity contribution in [3.8, 4) is 5.75 Å². The van der Waals surface area contributed by atoms with Gasteiger partial charge >= 0.3 is 0 Å². The van der Waals surface area contributed by atoms with Crippen LogP contribution in [-0.4, -0.2) is 22.1 Å². The summed E-state index contributed by atoms with van der Waals surface area (Å²) in [5, 5.41) is 0. The molecule has 0 aliphatic rings. The van der Waals surface area contributed by atoms with Crippen LogP contribution in [0.4, 0.5) is 10.1 Å². The molecule has 0 unspecified atom stereocenters. The molecule has 0 atom stereocenters. The van der Waals surface area contributed by atoms with Crippen molar-refractivity contribution in [2.45, 2.75) is 11.8 Å². The minimum absolute atomic E-state index is 0.0104. The van der Waals surface area contributed by atoms with Gasteiger partial charge in [0.05, 0.1) is 17.7 Å². The van der Waals surface area contributed by atoms with E-state index in [1.54, 1.807) is 19.1 Å². The molecule has 2 aromatic rings. The van der Waals surface area contributed by atoms with Crippen LogP contribution in [-0.2, 0) is 10.0 Å². The standard InChI is InChI=1S/C15H15FINO3S/c1-3-18(12-6-4-11(17)5-7-12)22(19,20)13-8-9-15(21-2)14(16)10-13/h4-10H,3H2,1-2H3. The summed E-state index contributed by atoms with van der Waals surface area (Å²) < 4.78 is 46.3. The molecular formula is C15H15FINO3S. The highest BCUT2D eigenvalue weighted by Gasteiger charge is 2.24. The molecule has 0 aliphatic heterocycles. The van der Waals surface area contributed by atoms with Crippen LogP contribution in [0.3, 0.4) is 0 Å². The van der Waals surface area contributed by atoms with Crippen LogP contribution in [0.25, 0.3) is 0 Å². The zero-order chi connectivity index (χ0) is 16.3. The highest BCUT2D eigenvalue weighted by molar-refractivity contribution is 14.1. The van der Waals surface area contributed by atoms with Crippen molar-refractivity contribution >= 4 is 38.3 Å². The molecule has 0 aliphatic carbocycles. The van der Waals surface area contributed by atoms with Gasteiger partial charge in [0.15, 0.2) is 11.6 Å². The van der Waals surface area contributed by atoms with Crippen LogP contribution < -0.4 is 9.04 Å². The van der Waals surface area contributed by atoms with E-state index in [9.17, 15) is 12.8 Å². The van der Waals surface area contributed by atoms with E-state index in [0.29, 0.717) is 5.69 Å². The third-order valence-corrected chi connectivity index (χ3v) is 5.73. The number of anilines is 1. The summed E-state index contributed by atoms with van der Waals surface area (Å²) in [7, 11) is -2.50. The van der Waals surface area contributed by atoms with E-state index in [2.05, 4.69) is 22.6 Å². The lowest BCUT2D eigenvalue weighted by atomic mass is 10.3. The zero-order valence-electron chi connectivity index (χ0n) is 12.1. The fourth-order valence-electron chi connectivity index (χ4n) is 2.03. The molecule has 4 nitrogen and oxygen atoms in total. The Kier molecular flexibility index (Phi) is 5.28. The van der Waals surface area contributed by atoms with Crippen LogP contribution in [0.15, 0.2) is 47.4 Å². The van der Waals surface area contributed by atoms with Gasteiger partial charge in [0.25, 0.3) is 10.0 Å². The summed E-state index contributed by atoms with van der Waals surface area (Å²) in [4.78, 5) is -0.105. The quantitative estimate of drug-likeness (QED) is 0.674. The highest BCUT2D eigenvalue weighted by atomic mass is 127. The maximum absolute atomic E-state index is 13.8. The van der Waals surface area contributed by atoms with Crippen LogP contribution in [0.5, 0.6) is 5.75 Å². The predicted molar refractivity (Wildman–Crippen MR) is 92.3 cm³/mol. The smallest absolute Gasteiger partial charge is 0.264 e. The second kappa shape index (κ2) is 6.82. The summed E-state index contributed by atoms with van der Waals surface area (Å²) in [6, 6.07) is 10.7. The number of sulfonamides is 1. The average molecular weight is 435 g/mol. The Hall–Kier alpha value is -1.35. The molecule has 0 radical (unpaired) electrons. The van der Waals surface area contributed by atoms with Crippen molar-refractivity contribution in [1.82, 2.24) is 0 Å². The molecule has 0 heterocycles. The van der Waals surface area contributed by atoms with Gasteiger partial charge in [-0.1, -0.05) is 0 Å². The second-order valence-electron chi connectivity index (χ2n) is 4.44. The minimum Gasteiger partial charge on any atom is -0.494 e. The fraction of sp³-hybridized carbons (Fsp3) is 0.200. The average Bonchev–Trinajstić information content (AvgIpc) is 2.49. The summed E-state index contributed by atoms with van der Waals surface area (Å²) in [5.74, 6) is -0.696. The number of ether oxygens (including phenoxy) is 1. The lowest BCUT2D eigenvalue weighted by molar-refractivity contribution is 0.385. The van der Waals surface area contributed by atoms with E-state index in [-0.39, 0.29) is 17.2 Å². The van der Waals surface area contributed by atoms with E-state index >= 15 is 0 Å². The largest absolute Gasteiger partial charge is 0.494 e. The van der Waals surface area contributed by atoms with E-state index < -0.39 is 15.8 Å². The third-order valence-electron chi connectivity index (χ3n) is 3.11. The van der Waals surface area contributed by atoms with Crippen molar-refractivity contribution in [2.24, 2.45) is 0 Å². The molecule has 0 bridgehead atoms. The first-order valence-corrected chi connectivity index (χ1v) is 9.04. The SMILES string of the molecule is CCN(c1ccc(I)cc1)S(=O)(=O)c1ccc(OC)c(F)c1. The van der Waals surface area contributed by atoms with Gasteiger partial charge in [-0.05, 0) is 72.0 Å². The maximum atomic E-state index is 13.8. The number of methoxy groups -OCH3 is 1.